The molecule has 0 radical (unpaired) electrons. The largest absolute Gasteiger partial charge is 0.505 e. The smallest absolute Gasteiger partial charge is 0.296 e. The van der Waals surface area contributed by atoms with Crippen LogP contribution in [0.25, 0.3) is 32.3 Å². The van der Waals surface area contributed by atoms with E-state index in [0.29, 0.717) is 23.3 Å². The number of phenols is 3. The number of aromatic hydroxyl groups is 3. The van der Waals surface area contributed by atoms with Crippen LogP contribution in [0.2, 0.25) is 0 Å². The molecule has 0 amide bonds. The fourth-order valence-electron chi connectivity index (χ4n) is 8.41. The Kier molecular flexibility index (Phi) is 18.3. The predicted octanol–water partition coefficient (Wildman–Crippen LogP) is 10.4. The van der Waals surface area contributed by atoms with Crippen LogP contribution in [0.15, 0.2) is 158 Å². The molecule has 0 fully saturated rings. The standard InChI is InChI=1S/C50H45N9O23S6/c1-25-5-11-36(81-13-3-15-83(63,64)65)34(17-25)54-58-45-40(87(75,76)77)21-28-19-30(9-10-32(28)48(45)60)52-57-47-41(88(78,79)80)23-29-22-38(85(69,70)71)44(43(51)42(29)50(47)62)56-53-31-8-7-27-20-39(86(72,73)74)46(49(61)33(27)24-31)59-55-35-18-26(2)6-12-37(35)82-14-4-16-84(66,67)68/h5-12,17-24,60-62H,3-4,13-16,51H2,1-2H3,(H,63,64,65)(H,66,67,68)(H,69,70,71)(H,72,73,74)(H,75,76,77)(H,78,79,80). The summed E-state index contributed by atoms with van der Waals surface area (Å²) in [5.41, 5.74) is 2.57. The van der Waals surface area contributed by atoms with Crippen LogP contribution in [-0.4, -0.2) is 118 Å². The molecule has 38 heteroatoms. The molecule has 0 aliphatic rings. The number of nitrogens with two attached hydrogens (primary N) is 1. The lowest BCUT2D eigenvalue weighted by Crippen LogP contribution is -2.08. The first-order valence-electron chi connectivity index (χ1n) is 24.5. The number of phenolic OH excluding ortho intramolecular Hbond substituents is 3. The second-order valence-electron chi connectivity index (χ2n) is 18.9. The third kappa shape index (κ3) is 15.3. The number of rotatable bonds is 22. The van der Waals surface area contributed by atoms with E-state index in [4.69, 9.17) is 24.3 Å². The Morgan fingerprint density at radius 2 is 0.784 bits per heavy atom. The molecule has 0 aromatic heterocycles. The van der Waals surface area contributed by atoms with Crippen LogP contribution in [0.1, 0.15) is 24.0 Å². The number of hydrogen-bond acceptors (Lipinski definition) is 26. The van der Waals surface area contributed by atoms with Crippen molar-refractivity contribution in [3.63, 3.8) is 0 Å². The van der Waals surface area contributed by atoms with Gasteiger partial charge in [0.05, 0.1) is 47.2 Å². The maximum Gasteiger partial charge on any atom is 0.296 e. The van der Waals surface area contributed by atoms with Crippen LogP contribution in [-0.2, 0) is 60.7 Å². The van der Waals surface area contributed by atoms with Gasteiger partial charge in [-0.1, -0.05) is 18.2 Å². The van der Waals surface area contributed by atoms with Crippen molar-refractivity contribution < 1.29 is 103 Å². The summed E-state index contributed by atoms with van der Waals surface area (Å²) in [5, 5.41) is 64.1. The summed E-state index contributed by atoms with van der Waals surface area (Å²) in [6.45, 7) is 2.85. The van der Waals surface area contributed by atoms with E-state index < -0.39 is 148 Å². The molecule has 0 saturated heterocycles. The van der Waals surface area contributed by atoms with Gasteiger partial charge in [0.1, 0.15) is 65.2 Å². The number of azo groups is 4. The van der Waals surface area contributed by atoms with Crippen molar-refractivity contribution in [1.82, 2.24) is 0 Å². The van der Waals surface area contributed by atoms with E-state index in [9.17, 15) is 84.0 Å². The molecule has 0 aliphatic heterocycles. The van der Waals surface area contributed by atoms with E-state index >= 15 is 0 Å². The van der Waals surface area contributed by atoms with E-state index in [1.807, 2.05) is 0 Å². The Morgan fingerprint density at radius 3 is 1.25 bits per heavy atom. The Bertz CT molecular complexity index is 5070. The summed E-state index contributed by atoms with van der Waals surface area (Å²) < 4.78 is 217. The summed E-state index contributed by atoms with van der Waals surface area (Å²) in [4.78, 5) is -4.29. The van der Waals surface area contributed by atoms with Gasteiger partial charge in [-0.15, -0.1) is 30.7 Å². The highest BCUT2D eigenvalue weighted by Crippen LogP contribution is 2.50. The molecule has 0 spiro atoms. The Labute approximate surface area is 498 Å². The Morgan fingerprint density at radius 1 is 0.398 bits per heavy atom. The minimum Gasteiger partial charge on any atom is -0.505 e. The number of nitrogen functional groups attached to an aromatic ring is 1. The van der Waals surface area contributed by atoms with E-state index in [2.05, 4.69) is 40.9 Å². The second kappa shape index (κ2) is 24.8. The molecule has 32 nitrogen and oxygen atoms in total. The summed E-state index contributed by atoms with van der Waals surface area (Å²) in [5.74, 6) is -4.20. The lowest BCUT2D eigenvalue weighted by atomic mass is 10.0. The third-order valence-electron chi connectivity index (χ3n) is 12.4. The maximum atomic E-state index is 12.9. The van der Waals surface area contributed by atoms with Gasteiger partial charge in [0, 0.05) is 10.8 Å². The van der Waals surface area contributed by atoms with Crippen LogP contribution < -0.4 is 15.2 Å². The van der Waals surface area contributed by atoms with Gasteiger partial charge in [0.15, 0.2) is 17.2 Å². The van der Waals surface area contributed by atoms with Gasteiger partial charge >= 0.3 is 0 Å². The number of ether oxygens (including phenoxy) is 2. The fraction of sp³-hybridized carbons (Fsp3) is 0.160. The van der Waals surface area contributed by atoms with Gasteiger partial charge in [-0.3, -0.25) is 27.3 Å². The average Bonchev–Trinajstić information content (AvgIpc) is 1.01. The molecule has 88 heavy (non-hydrogen) atoms. The average molecular weight is 1330 g/mol. The predicted molar refractivity (Wildman–Crippen MR) is 313 cm³/mol. The monoisotopic (exact) mass is 1330 g/mol. The van der Waals surface area contributed by atoms with Gasteiger partial charge in [-0.05, 0) is 133 Å². The number of fused-ring (bicyclic) bond motifs is 3. The van der Waals surface area contributed by atoms with E-state index in [1.165, 1.54) is 30.3 Å². The minimum absolute atomic E-state index is 0.00952. The molecule has 8 aromatic rings. The first kappa shape index (κ1) is 65.2. The molecule has 11 N–H and O–H groups in total. The van der Waals surface area contributed by atoms with Crippen LogP contribution >= 0.6 is 0 Å². The lowest BCUT2D eigenvalue weighted by molar-refractivity contribution is 0.317. The van der Waals surface area contributed by atoms with Crippen molar-refractivity contribution in [2.45, 2.75) is 46.3 Å². The minimum atomic E-state index is -5.45. The van der Waals surface area contributed by atoms with Crippen molar-refractivity contribution in [2.75, 3.05) is 30.5 Å². The van der Waals surface area contributed by atoms with Gasteiger partial charge in [-0.2, -0.15) is 60.7 Å². The summed E-state index contributed by atoms with van der Waals surface area (Å²) in [6, 6.07) is 18.6. The molecular weight excluding hydrogens is 1290 g/mol. The molecular formula is C50H45N9O23S6. The molecule has 0 unspecified atom stereocenters. The molecule has 0 heterocycles. The quantitative estimate of drug-likeness (QED) is 0.0130. The zero-order valence-corrected chi connectivity index (χ0v) is 49.7. The van der Waals surface area contributed by atoms with Crippen molar-refractivity contribution in [2.24, 2.45) is 40.9 Å². The summed E-state index contributed by atoms with van der Waals surface area (Å²) in [7, 11) is -29.9. The molecule has 0 bridgehead atoms. The topological polar surface area (TPSA) is 530 Å². The van der Waals surface area contributed by atoms with Crippen molar-refractivity contribution in [1.29, 1.82) is 0 Å². The van der Waals surface area contributed by atoms with Crippen LogP contribution in [0, 0.1) is 13.8 Å². The zero-order valence-electron chi connectivity index (χ0n) is 44.8. The third-order valence-corrected chi connectivity index (χ3v) is 17.5. The zero-order chi connectivity index (χ0) is 64.6. The van der Waals surface area contributed by atoms with Gasteiger partial charge in [0.25, 0.3) is 60.7 Å². The van der Waals surface area contributed by atoms with Crippen LogP contribution in [0.4, 0.5) is 51.2 Å². The van der Waals surface area contributed by atoms with E-state index in [-0.39, 0.29) is 81.8 Å². The van der Waals surface area contributed by atoms with Crippen molar-refractivity contribution in [3.05, 3.63) is 108 Å². The molecule has 0 saturated carbocycles. The number of benzene rings is 8. The van der Waals surface area contributed by atoms with Gasteiger partial charge in [0.2, 0.25) is 0 Å². The van der Waals surface area contributed by atoms with Gasteiger partial charge in [-0.25, -0.2) is 0 Å². The molecule has 0 atom stereocenters. The van der Waals surface area contributed by atoms with Gasteiger partial charge < -0.3 is 30.5 Å². The second-order valence-corrected chi connectivity index (χ2v) is 27.6. The highest BCUT2D eigenvalue weighted by Gasteiger charge is 2.29. The maximum absolute atomic E-state index is 12.9. The number of hydrogen-bond donors (Lipinski definition) is 10. The lowest BCUT2D eigenvalue weighted by Gasteiger charge is -2.14. The number of anilines is 1. The fourth-order valence-corrected chi connectivity index (χ4v) is 12.0. The van der Waals surface area contributed by atoms with E-state index in [0.717, 1.165) is 42.5 Å². The van der Waals surface area contributed by atoms with E-state index in [1.54, 1.807) is 26.0 Å². The Hall–Kier alpha value is -8.80. The molecule has 464 valence electrons. The Balaban J connectivity index is 1.17. The SMILES string of the molecule is Cc1ccc(OCCCS(=O)(=O)O)c(N=Nc2c(S(=O)(=O)O)cc3cc(N=Nc4c(S(=O)(=O)O)cc5cc(S(=O)(=O)O)c(N=Nc6ccc7cc(S(=O)(=O)O)c(N=Nc8cc(C)ccc8OCCCS(=O)(=O)O)c(O)c7c6)c(N)c5c4O)ccc3c2O)c1. The first-order valence-corrected chi connectivity index (χ1v) is 33.5. The van der Waals surface area contributed by atoms with Crippen LogP contribution in [0.3, 0.4) is 0 Å². The summed E-state index contributed by atoms with van der Waals surface area (Å²) in [6.07, 6.45) is -0.279. The van der Waals surface area contributed by atoms with Crippen LogP contribution in [0.5, 0.6) is 28.7 Å². The molecule has 8 rings (SSSR count). The molecule has 0 aliphatic carbocycles. The first-order chi connectivity index (χ1) is 40.9. The summed E-state index contributed by atoms with van der Waals surface area (Å²) >= 11 is 0. The number of nitrogens with zero attached hydrogens (tertiary/aromatic N) is 8. The number of aryl methyl sites for hydroxylation is 2. The highest BCUT2D eigenvalue weighted by molar-refractivity contribution is 7.87. The highest BCUT2D eigenvalue weighted by atomic mass is 32.2. The normalized spacial score (nSPS) is 13.1. The van der Waals surface area contributed by atoms with Crippen molar-refractivity contribution >= 4 is 144 Å². The van der Waals surface area contributed by atoms with Crippen molar-refractivity contribution in [3.8, 4) is 28.7 Å². The molecule has 8 aromatic carbocycles.